The Labute approximate surface area is 151 Å². The summed E-state index contributed by atoms with van der Waals surface area (Å²) in [4.78, 5) is 2.45. The van der Waals surface area contributed by atoms with Crippen LogP contribution in [0.25, 0.3) is 0 Å². The SMILES string of the molecule is C1=[N+](c2ccccc2)B(OB2CCCCN2c2ccccc2)CCC1. The standard InChI is InChI=1S/C20H25B2N2O/c1-3-11-19(12-4-1)23-17-9-7-15-21(23)25-22-16-8-10-18-24(22)20-13-5-2-6-14-20/h1-6,11-14,17H,7-10,15-16,18H2/q+1. The number of rotatable bonds is 4. The van der Waals surface area contributed by atoms with Gasteiger partial charge >= 0.3 is 14.1 Å². The van der Waals surface area contributed by atoms with Crippen molar-refractivity contribution < 1.29 is 9.06 Å². The summed E-state index contributed by atoms with van der Waals surface area (Å²) in [5.74, 6) is 0. The predicted molar refractivity (Wildman–Crippen MR) is 107 cm³/mol. The molecule has 1 saturated heterocycles. The third-order valence-corrected chi connectivity index (χ3v) is 5.20. The Balaban J connectivity index is 1.54. The van der Waals surface area contributed by atoms with Crippen LogP contribution in [-0.2, 0) is 4.57 Å². The lowest BCUT2D eigenvalue weighted by atomic mass is 9.63. The molecule has 0 aliphatic carbocycles. The van der Waals surface area contributed by atoms with Gasteiger partial charge in [0.25, 0.3) is 0 Å². The molecule has 2 aromatic carbocycles. The number of nitrogens with zero attached hydrogens (tertiary/aromatic N) is 2. The molecule has 0 saturated carbocycles. The molecule has 2 aromatic rings. The molecule has 0 radical (unpaired) electrons. The van der Waals surface area contributed by atoms with Gasteiger partial charge in [-0.25, -0.2) is 0 Å². The number of hydrogen-bond acceptors (Lipinski definition) is 2. The van der Waals surface area contributed by atoms with Crippen molar-refractivity contribution in [3.63, 3.8) is 0 Å². The minimum Gasteiger partial charge on any atom is -0.417 e. The van der Waals surface area contributed by atoms with Gasteiger partial charge in [0, 0.05) is 37.1 Å². The molecule has 25 heavy (non-hydrogen) atoms. The van der Waals surface area contributed by atoms with Crippen LogP contribution in [0.15, 0.2) is 60.7 Å². The molecule has 4 rings (SSSR count). The molecule has 0 unspecified atom stereocenters. The van der Waals surface area contributed by atoms with Crippen molar-refractivity contribution in [3.05, 3.63) is 60.7 Å². The zero-order chi connectivity index (χ0) is 16.9. The summed E-state index contributed by atoms with van der Waals surface area (Å²) in [5.41, 5.74) is 2.51. The molecule has 0 atom stereocenters. The van der Waals surface area contributed by atoms with Gasteiger partial charge in [-0.15, -0.1) is 0 Å². The topological polar surface area (TPSA) is 15.5 Å². The lowest BCUT2D eigenvalue weighted by molar-refractivity contribution is -0.302. The number of hydrogen-bond donors (Lipinski definition) is 0. The largest absolute Gasteiger partial charge is 0.646 e. The van der Waals surface area contributed by atoms with Gasteiger partial charge in [-0.3, -0.25) is 4.49 Å². The second-order valence-corrected chi connectivity index (χ2v) is 6.93. The summed E-state index contributed by atoms with van der Waals surface area (Å²) in [7, 11) is 0.296. The Morgan fingerprint density at radius 2 is 1.60 bits per heavy atom. The fraction of sp³-hybridized carbons (Fsp3) is 0.350. The fourth-order valence-electron chi connectivity index (χ4n) is 3.92. The minimum absolute atomic E-state index is 0.130. The van der Waals surface area contributed by atoms with Crippen LogP contribution in [-0.4, -0.2) is 31.3 Å². The first kappa shape index (κ1) is 16.5. The highest BCUT2D eigenvalue weighted by molar-refractivity contribution is 6.66. The Kier molecular flexibility index (Phi) is 5.22. The summed E-state index contributed by atoms with van der Waals surface area (Å²) in [6.07, 6.45) is 9.31. The monoisotopic (exact) mass is 331 g/mol. The molecule has 0 N–H and O–H groups in total. The molecule has 2 heterocycles. The van der Waals surface area contributed by atoms with Gasteiger partial charge in [0.05, 0.1) is 0 Å². The third-order valence-electron chi connectivity index (χ3n) is 5.20. The van der Waals surface area contributed by atoms with Gasteiger partial charge in [0.1, 0.15) is 6.21 Å². The Bertz CT molecular complexity index is 708. The van der Waals surface area contributed by atoms with Crippen molar-refractivity contribution in [2.75, 3.05) is 11.4 Å². The maximum absolute atomic E-state index is 6.69. The van der Waals surface area contributed by atoms with Gasteiger partial charge in [-0.05, 0) is 31.3 Å². The van der Waals surface area contributed by atoms with Crippen LogP contribution in [0.1, 0.15) is 25.7 Å². The van der Waals surface area contributed by atoms with Crippen molar-refractivity contribution in [3.8, 4) is 0 Å². The first-order valence-corrected chi connectivity index (χ1v) is 9.56. The van der Waals surface area contributed by atoms with E-state index in [4.69, 9.17) is 4.57 Å². The van der Waals surface area contributed by atoms with Crippen LogP contribution in [0.3, 0.4) is 0 Å². The molecule has 126 valence electrons. The Hall–Kier alpha value is -2.00. The average Bonchev–Trinajstić information content (AvgIpc) is 2.70. The van der Waals surface area contributed by atoms with Crippen molar-refractivity contribution in [2.24, 2.45) is 0 Å². The van der Waals surface area contributed by atoms with E-state index < -0.39 is 0 Å². The van der Waals surface area contributed by atoms with E-state index in [2.05, 4.69) is 76.2 Å². The molecule has 0 aromatic heterocycles. The number of para-hydroxylation sites is 2. The molecule has 0 amide bonds. The van der Waals surface area contributed by atoms with E-state index in [-0.39, 0.29) is 14.1 Å². The highest BCUT2D eigenvalue weighted by Gasteiger charge is 2.42. The summed E-state index contributed by atoms with van der Waals surface area (Å²) in [5, 5.41) is 0. The lowest BCUT2D eigenvalue weighted by Crippen LogP contribution is -2.51. The first-order valence-electron chi connectivity index (χ1n) is 9.56. The summed E-state index contributed by atoms with van der Waals surface area (Å²) < 4.78 is 9.02. The number of anilines is 1. The predicted octanol–water partition coefficient (Wildman–Crippen LogP) is 4.49. The molecule has 5 heteroatoms. The van der Waals surface area contributed by atoms with Crippen molar-refractivity contribution in [2.45, 2.75) is 38.3 Å². The summed E-state index contributed by atoms with van der Waals surface area (Å²) in [6.45, 7) is 1.08. The van der Waals surface area contributed by atoms with E-state index in [1.807, 2.05) is 0 Å². The maximum atomic E-state index is 6.69. The van der Waals surface area contributed by atoms with Gasteiger partial charge in [0.15, 0.2) is 5.69 Å². The fourth-order valence-corrected chi connectivity index (χ4v) is 3.92. The molecule has 0 spiro atoms. The Morgan fingerprint density at radius 3 is 2.40 bits per heavy atom. The van der Waals surface area contributed by atoms with Crippen LogP contribution >= 0.6 is 0 Å². The van der Waals surface area contributed by atoms with Gasteiger partial charge in [-0.1, -0.05) is 42.8 Å². The summed E-state index contributed by atoms with van der Waals surface area (Å²) >= 11 is 0. The number of benzene rings is 2. The molecule has 3 nitrogen and oxygen atoms in total. The molecular weight excluding hydrogens is 306 g/mol. The lowest BCUT2D eigenvalue weighted by Gasteiger charge is -2.35. The van der Waals surface area contributed by atoms with Crippen LogP contribution in [0.2, 0.25) is 12.6 Å². The Morgan fingerprint density at radius 1 is 0.840 bits per heavy atom. The highest BCUT2D eigenvalue weighted by Crippen LogP contribution is 2.26. The minimum atomic E-state index is 0.130. The van der Waals surface area contributed by atoms with Crippen LogP contribution < -0.4 is 4.81 Å². The van der Waals surface area contributed by atoms with Gasteiger partial charge in [0.2, 0.25) is 0 Å². The maximum Gasteiger partial charge on any atom is 0.646 e. The highest BCUT2D eigenvalue weighted by atomic mass is 16.4. The van der Waals surface area contributed by atoms with Crippen LogP contribution in [0.5, 0.6) is 0 Å². The van der Waals surface area contributed by atoms with E-state index in [9.17, 15) is 0 Å². The quantitative estimate of drug-likeness (QED) is 0.767. The van der Waals surface area contributed by atoms with Crippen molar-refractivity contribution in [1.82, 2.24) is 0 Å². The zero-order valence-corrected chi connectivity index (χ0v) is 14.8. The van der Waals surface area contributed by atoms with E-state index in [1.165, 1.54) is 30.6 Å². The van der Waals surface area contributed by atoms with Crippen molar-refractivity contribution in [1.29, 1.82) is 0 Å². The van der Waals surface area contributed by atoms with Crippen LogP contribution in [0.4, 0.5) is 11.4 Å². The smallest absolute Gasteiger partial charge is 0.417 e. The molecule has 2 aliphatic heterocycles. The van der Waals surface area contributed by atoms with Crippen molar-refractivity contribution >= 4 is 31.7 Å². The van der Waals surface area contributed by atoms with E-state index in [0.29, 0.717) is 0 Å². The van der Waals surface area contributed by atoms with Crippen LogP contribution in [0, 0.1) is 0 Å². The van der Waals surface area contributed by atoms with E-state index >= 15 is 0 Å². The first-order chi connectivity index (χ1) is 12.4. The zero-order valence-electron chi connectivity index (χ0n) is 14.8. The normalized spacial score (nSPS) is 18.2. The third kappa shape index (κ3) is 3.82. The molecule has 1 fully saturated rings. The molecule has 0 bridgehead atoms. The summed E-state index contributed by atoms with van der Waals surface area (Å²) in [6, 6.07) is 21.3. The molecular formula is C20H25B2N2O+. The van der Waals surface area contributed by atoms with Gasteiger partial charge in [-0.2, -0.15) is 0 Å². The van der Waals surface area contributed by atoms with E-state index in [1.54, 1.807) is 0 Å². The second kappa shape index (κ2) is 7.92. The molecule has 2 aliphatic rings. The van der Waals surface area contributed by atoms with Gasteiger partial charge < -0.3 is 9.38 Å². The average molecular weight is 331 g/mol. The second-order valence-electron chi connectivity index (χ2n) is 6.93. The van der Waals surface area contributed by atoms with E-state index in [0.717, 1.165) is 25.6 Å².